The van der Waals surface area contributed by atoms with Crippen molar-refractivity contribution in [3.8, 4) is 0 Å². The van der Waals surface area contributed by atoms with Gasteiger partial charge in [0.05, 0.1) is 13.0 Å². The summed E-state index contributed by atoms with van der Waals surface area (Å²) in [5.74, 6) is -1.09. The maximum atomic E-state index is 11.9. The van der Waals surface area contributed by atoms with E-state index in [1.807, 2.05) is 0 Å². The molecule has 0 N–H and O–H groups in total. The summed E-state index contributed by atoms with van der Waals surface area (Å²) >= 11 is 5.58. The molecule has 0 aromatic carbocycles. The zero-order valence-corrected chi connectivity index (χ0v) is 11.1. The zero-order valence-electron chi connectivity index (χ0n) is 10.4. The van der Waals surface area contributed by atoms with Crippen LogP contribution in [0.15, 0.2) is 12.1 Å². The monoisotopic (exact) mass is 271 g/mol. The maximum Gasteiger partial charge on any atom is 0.310 e. The lowest BCUT2D eigenvalue weighted by molar-refractivity contribution is -0.145. The third kappa shape index (κ3) is 3.66. The smallest absolute Gasteiger partial charge is 0.310 e. The summed E-state index contributed by atoms with van der Waals surface area (Å²) in [5, 5.41) is 7.49. The fourth-order valence-corrected chi connectivity index (χ4v) is 1.50. The van der Waals surface area contributed by atoms with E-state index in [9.17, 15) is 9.59 Å². The van der Waals surface area contributed by atoms with Gasteiger partial charge in [-0.2, -0.15) is 0 Å². The molecule has 0 spiro atoms. The predicted octanol–water partition coefficient (Wildman–Crippen LogP) is 1.01. The summed E-state index contributed by atoms with van der Waals surface area (Å²) in [6.45, 7) is 1.93. The van der Waals surface area contributed by atoms with Crippen molar-refractivity contribution in [1.29, 1.82) is 0 Å². The molecule has 1 aromatic rings. The first-order chi connectivity index (χ1) is 8.45. The van der Waals surface area contributed by atoms with Gasteiger partial charge in [-0.1, -0.05) is 18.5 Å². The molecule has 98 valence electrons. The largest absolute Gasteiger partial charge is 0.469 e. The minimum absolute atomic E-state index is 0.180. The van der Waals surface area contributed by atoms with Crippen LogP contribution in [-0.2, 0) is 9.53 Å². The van der Waals surface area contributed by atoms with E-state index in [0.29, 0.717) is 0 Å². The Kier molecular flexibility index (Phi) is 5.03. The first-order valence-electron chi connectivity index (χ1n) is 5.28. The fourth-order valence-electron chi connectivity index (χ4n) is 1.40. The second kappa shape index (κ2) is 6.30. The van der Waals surface area contributed by atoms with Crippen molar-refractivity contribution in [2.75, 3.05) is 20.7 Å². The molecule has 1 rings (SSSR count). The third-order valence-electron chi connectivity index (χ3n) is 2.35. The highest BCUT2D eigenvalue weighted by molar-refractivity contribution is 6.29. The van der Waals surface area contributed by atoms with Gasteiger partial charge in [-0.3, -0.25) is 9.59 Å². The fraction of sp³-hybridized carbons (Fsp3) is 0.455. The topological polar surface area (TPSA) is 72.4 Å². The number of amides is 1. The number of rotatable bonds is 4. The third-order valence-corrected chi connectivity index (χ3v) is 2.55. The number of ether oxygens (including phenoxy) is 1. The van der Waals surface area contributed by atoms with Crippen LogP contribution in [0.5, 0.6) is 0 Å². The average molecular weight is 272 g/mol. The van der Waals surface area contributed by atoms with Crippen molar-refractivity contribution in [2.24, 2.45) is 5.92 Å². The Morgan fingerprint density at radius 3 is 2.61 bits per heavy atom. The van der Waals surface area contributed by atoms with Gasteiger partial charge in [0, 0.05) is 13.6 Å². The second-order valence-electron chi connectivity index (χ2n) is 3.85. The van der Waals surface area contributed by atoms with E-state index in [-0.39, 0.29) is 29.3 Å². The van der Waals surface area contributed by atoms with Crippen LogP contribution >= 0.6 is 11.6 Å². The highest BCUT2D eigenvalue weighted by atomic mass is 35.5. The van der Waals surface area contributed by atoms with Gasteiger partial charge in [0.2, 0.25) is 0 Å². The van der Waals surface area contributed by atoms with Gasteiger partial charge in [-0.15, -0.1) is 10.2 Å². The first-order valence-corrected chi connectivity index (χ1v) is 5.66. The average Bonchev–Trinajstić information content (AvgIpc) is 2.37. The maximum absolute atomic E-state index is 11.9. The molecule has 7 heteroatoms. The summed E-state index contributed by atoms with van der Waals surface area (Å²) in [6.07, 6.45) is 0. The normalized spacial score (nSPS) is 11.8. The minimum atomic E-state index is -0.399. The summed E-state index contributed by atoms with van der Waals surface area (Å²) in [4.78, 5) is 24.6. The molecule has 1 unspecified atom stereocenters. The lowest BCUT2D eigenvalue weighted by Gasteiger charge is -2.19. The van der Waals surface area contributed by atoms with E-state index < -0.39 is 5.92 Å². The Bertz CT molecular complexity index is 436. The van der Waals surface area contributed by atoms with E-state index in [2.05, 4.69) is 14.9 Å². The van der Waals surface area contributed by atoms with Crippen LogP contribution in [0.1, 0.15) is 17.4 Å². The van der Waals surface area contributed by atoms with E-state index in [1.54, 1.807) is 14.0 Å². The molecule has 0 radical (unpaired) electrons. The molecular formula is C11H14ClN3O3. The van der Waals surface area contributed by atoms with Crippen molar-refractivity contribution in [1.82, 2.24) is 15.1 Å². The van der Waals surface area contributed by atoms with E-state index in [0.717, 1.165) is 0 Å². The van der Waals surface area contributed by atoms with Gasteiger partial charge in [0.1, 0.15) is 0 Å². The SMILES string of the molecule is COC(=O)C(C)CN(C)C(=O)c1ccc(Cl)nn1. The Morgan fingerprint density at radius 2 is 2.11 bits per heavy atom. The summed E-state index contributed by atoms with van der Waals surface area (Å²) < 4.78 is 4.59. The van der Waals surface area contributed by atoms with Gasteiger partial charge in [-0.05, 0) is 12.1 Å². The van der Waals surface area contributed by atoms with Gasteiger partial charge in [0.25, 0.3) is 5.91 Å². The number of carbonyl (C=O) groups excluding carboxylic acids is 2. The standard InChI is InChI=1S/C11H14ClN3O3/c1-7(11(17)18-3)6-15(2)10(16)8-4-5-9(12)14-13-8/h4-5,7H,6H2,1-3H3. The van der Waals surface area contributed by atoms with Crippen LogP contribution in [0.2, 0.25) is 5.15 Å². The molecule has 18 heavy (non-hydrogen) atoms. The zero-order chi connectivity index (χ0) is 13.7. The highest BCUT2D eigenvalue weighted by Gasteiger charge is 2.20. The molecule has 1 heterocycles. The first kappa shape index (κ1) is 14.4. The van der Waals surface area contributed by atoms with Crippen molar-refractivity contribution in [3.05, 3.63) is 23.0 Å². The minimum Gasteiger partial charge on any atom is -0.469 e. The van der Waals surface area contributed by atoms with E-state index >= 15 is 0 Å². The van der Waals surface area contributed by atoms with Gasteiger partial charge in [0.15, 0.2) is 10.8 Å². The summed E-state index contributed by atoms with van der Waals surface area (Å²) in [6, 6.07) is 2.97. The molecular weight excluding hydrogens is 258 g/mol. The predicted molar refractivity (Wildman–Crippen MR) is 65.2 cm³/mol. The van der Waals surface area contributed by atoms with Crippen molar-refractivity contribution >= 4 is 23.5 Å². The Labute approximate surface area is 110 Å². The molecule has 1 amide bonds. The number of hydrogen-bond donors (Lipinski definition) is 0. The Balaban J connectivity index is 2.67. The number of esters is 1. The van der Waals surface area contributed by atoms with Crippen LogP contribution in [0.4, 0.5) is 0 Å². The summed E-state index contributed by atoms with van der Waals surface area (Å²) in [7, 11) is 2.89. The number of carbonyl (C=O) groups is 2. The molecule has 6 nitrogen and oxygen atoms in total. The molecule has 0 aliphatic heterocycles. The molecule has 0 aliphatic carbocycles. The number of halogens is 1. The van der Waals surface area contributed by atoms with Gasteiger partial charge < -0.3 is 9.64 Å². The Morgan fingerprint density at radius 1 is 1.44 bits per heavy atom. The second-order valence-corrected chi connectivity index (χ2v) is 4.24. The number of hydrogen-bond acceptors (Lipinski definition) is 5. The number of aromatic nitrogens is 2. The quantitative estimate of drug-likeness (QED) is 0.764. The molecule has 0 fully saturated rings. The van der Waals surface area contributed by atoms with Gasteiger partial charge in [-0.25, -0.2) is 0 Å². The molecule has 1 atom stereocenters. The van der Waals surface area contributed by atoms with Crippen molar-refractivity contribution in [2.45, 2.75) is 6.92 Å². The Hall–Kier alpha value is -1.69. The van der Waals surface area contributed by atoms with Crippen LogP contribution in [0.25, 0.3) is 0 Å². The molecule has 0 saturated carbocycles. The molecule has 0 aliphatic rings. The van der Waals surface area contributed by atoms with E-state index in [4.69, 9.17) is 11.6 Å². The molecule has 0 saturated heterocycles. The number of methoxy groups -OCH3 is 1. The highest BCUT2D eigenvalue weighted by Crippen LogP contribution is 2.07. The number of nitrogens with zero attached hydrogens (tertiary/aromatic N) is 3. The van der Waals surface area contributed by atoms with Crippen LogP contribution < -0.4 is 0 Å². The van der Waals surface area contributed by atoms with Crippen LogP contribution in [0, 0.1) is 5.92 Å². The lowest BCUT2D eigenvalue weighted by Crippen LogP contribution is -2.34. The van der Waals surface area contributed by atoms with Crippen molar-refractivity contribution < 1.29 is 14.3 Å². The van der Waals surface area contributed by atoms with Crippen LogP contribution in [-0.4, -0.2) is 47.7 Å². The molecule has 1 aromatic heterocycles. The lowest BCUT2D eigenvalue weighted by atomic mass is 10.1. The summed E-state index contributed by atoms with van der Waals surface area (Å²) in [5.41, 5.74) is 0.180. The van der Waals surface area contributed by atoms with Crippen LogP contribution in [0.3, 0.4) is 0 Å². The van der Waals surface area contributed by atoms with Gasteiger partial charge >= 0.3 is 5.97 Å². The van der Waals surface area contributed by atoms with E-state index in [1.165, 1.54) is 24.1 Å². The molecule has 0 bridgehead atoms. The van der Waals surface area contributed by atoms with Crippen molar-refractivity contribution in [3.63, 3.8) is 0 Å².